The molecule has 0 N–H and O–H groups in total. The van der Waals surface area contributed by atoms with Gasteiger partial charge in [0, 0.05) is 26.9 Å². The van der Waals surface area contributed by atoms with Gasteiger partial charge in [-0.15, -0.1) is 0 Å². The van der Waals surface area contributed by atoms with E-state index >= 15 is 0 Å². The Hall–Kier alpha value is -1.90. The molecule has 0 aliphatic heterocycles. The molecule has 4 heteroatoms. The molecule has 0 amide bonds. The maximum Gasteiger partial charge on any atom is 0.160 e. The van der Waals surface area contributed by atoms with Crippen molar-refractivity contribution in [2.24, 2.45) is 0 Å². The molecule has 3 aromatic rings. The van der Waals surface area contributed by atoms with Crippen LogP contribution in [0, 0.1) is 0 Å². The first-order valence-corrected chi connectivity index (χ1v) is 8.79. The van der Waals surface area contributed by atoms with Crippen molar-refractivity contribution in [3.8, 4) is 22.6 Å². The first-order chi connectivity index (χ1) is 11.6. The van der Waals surface area contributed by atoms with Crippen LogP contribution in [-0.2, 0) is 12.8 Å². The predicted octanol–water partition coefficient (Wildman–Crippen LogP) is 6.24. The topological polar surface area (TPSA) is 25.8 Å². The number of hydrogen-bond acceptors (Lipinski definition) is 2. The van der Waals surface area contributed by atoms with Gasteiger partial charge >= 0.3 is 0 Å². The van der Waals surface area contributed by atoms with Gasteiger partial charge in [0.1, 0.15) is 0 Å². The SMILES string of the molecule is CCc1nc(-c2ccc(Cl)cc2)nc(-c2ccc(Cl)cc2)c1CC. The Balaban J connectivity index is 2.20. The lowest BCUT2D eigenvalue weighted by Crippen LogP contribution is -2.04. The Morgan fingerprint density at radius 1 is 0.708 bits per heavy atom. The Bertz CT molecular complexity index is 841. The first kappa shape index (κ1) is 16.9. The molecule has 2 nitrogen and oxygen atoms in total. The van der Waals surface area contributed by atoms with Gasteiger partial charge in [-0.05, 0) is 54.8 Å². The fourth-order valence-electron chi connectivity index (χ4n) is 2.77. The molecule has 0 radical (unpaired) electrons. The molecule has 1 heterocycles. The first-order valence-electron chi connectivity index (χ1n) is 8.04. The summed E-state index contributed by atoms with van der Waals surface area (Å²) < 4.78 is 0. The number of nitrogens with zero attached hydrogens (tertiary/aromatic N) is 2. The molecular formula is C20H18Cl2N2. The van der Waals surface area contributed by atoms with Gasteiger partial charge in [-0.3, -0.25) is 0 Å². The van der Waals surface area contributed by atoms with Gasteiger partial charge in [-0.2, -0.15) is 0 Å². The molecule has 0 aliphatic carbocycles. The van der Waals surface area contributed by atoms with Gasteiger partial charge in [-0.1, -0.05) is 49.2 Å². The number of aromatic nitrogens is 2. The smallest absolute Gasteiger partial charge is 0.160 e. The third-order valence-corrected chi connectivity index (χ3v) is 4.51. The molecular weight excluding hydrogens is 339 g/mol. The number of benzene rings is 2. The highest BCUT2D eigenvalue weighted by Gasteiger charge is 2.14. The lowest BCUT2D eigenvalue weighted by molar-refractivity contribution is 0.940. The molecule has 0 saturated heterocycles. The van der Waals surface area contributed by atoms with Crippen molar-refractivity contribution in [1.29, 1.82) is 0 Å². The zero-order chi connectivity index (χ0) is 17.1. The summed E-state index contributed by atoms with van der Waals surface area (Å²) >= 11 is 12.0. The third kappa shape index (κ3) is 3.45. The number of aryl methyl sites for hydroxylation is 1. The van der Waals surface area contributed by atoms with Crippen molar-refractivity contribution in [3.05, 3.63) is 69.8 Å². The maximum atomic E-state index is 6.03. The van der Waals surface area contributed by atoms with E-state index in [1.165, 1.54) is 5.56 Å². The average molecular weight is 357 g/mol. The highest BCUT2D eigenvalue weighted by Crippen LogP contribution is 2.29. The molecule has 24 heavy (non-hydrogen) atoms. The van der Waals surface area contributed by atoms with Crippen LogP contribution in [0.25, 0.3) is 22.6 Å². The van der Waals surface area contributed by atoms with Gasteiger partial charge in [0.25, 0.3) is 0 Å². The minimum Gasteiger partial charge on any atom is -0.233 e. The monoisotopic (exact) mass is 356 g/mol. The second-order valence-corrected chi connectivity index (χ2v) is 6.41. The fourth-order valence-corrected chi connectivity index (χ4v) is 3.02. The quantitative estimate of drug-likeness (QED) is 0.552. The summed E-state index contributed by atoms with van der Waals surface area (Å²) in [5.41, 5.74) is 5.28. The van der Waals surface area contributed by atoms with E-state index in [0.717, 1.165) is 46.2 Å². The molecule has 0 aliphatic rings. The Labute approximate surface area is 152 Å². The van der Waals surface area contributed by atoms with Crippen LogP contribution < -0.4 is 0 Å². The highest BCUT2D eigenvalue weighted by atomic mass is 35.5. The second-order valence-electron chi connectivity index (χ2n) is 5.54. The van der Waals surface area contributed by atoms with Crippen molar-refractivity contribution in [2.45, 2.75) is 26.7 Å². The van der Waals surface area contributed by atoms with Crippen LogP contribution in [0.4, 0.5) is 0 Å². The molecule has 0 bridgehead atoms. The van der Waals surface area contributed by atoms with E-state index in [0.29, 0.717) is 5.02 Å². The van der Waals surface area contributed by atoms with E-state index in [-0.39, 0.29) is 0 Å². The van der Waals surface area contributed by atoms with Crippen molar-refractivity contribution in [3.63, 3.8) is 0 Å². The van der Waals surface area contributed by atoms with Crippen molar-refractivity contribution in [1.82, 2.24) is 9.97 Å². The van der Waals surface area contributed by atoms with Crippen molar-refractivity contribution in [2.75, 3.05) is 0 Å². The molecule has 122 valence electrons. The normalized spacial score (nSPS) is 10.8. The molecule has 1 aromatic heterocycles. The number of hydrogen-bond donors (Lipinski definition) is 0. The maximum absolute atomic E-state index is 6.03. The van der Waals surface area contributed by atoms with E-state index in [4.69, 9.17) is 33.2 Å². The van der Waals surface area contributed by atoms with Gasteiger partial charge in [0.15, 0.2) is 5.82 Å². The summed E-state index contributed by atoms with van der Waals surface area (Å²) in [5, 5.41) is 1.43. The van der Waals surface area contributed by atoms with Crippen LogP contribution >= 0.6 is 23.2 Å². The van der Waals surface area contributed by atoms with Crippen LogP contribution in [0.1, 0.15) is 25.1 Å². The minimum atomic E-state index is 0.706. The van der Waals surface area contributed by atoms with Gasteiger partial charge in [0.2, 0.25) is 0 Å². The predicted molar refractivity (Wildman–Crippen MR) is 102 cm³/mol. The standard InChI is InChI=1S/C20H18Cl2N2/c1-3-17-18(4-2)23-20(14-7-11-16(22)12-8-14)24-19(17)13-5-9-15(21)10-6-13/h5-12H,3-4H2,1-2H3. The third-order valence-electron chi connectivity index (χ3n) is 4.00. The summed E-state index contributed by atoms with van der Waals surface area (Å²) in [4.78, 5) is 9.64. The van der Waals surface area contributed by atoms with E-state index in [1.807, 2.05) is 48.5 Å². The van der Waals surface area contributed by atoms with Crippen LogP contribution in [0.5, 0.6) is 0 Å². The van der Waals surface area contributed by atoms with Gasteiger partial charge < -0.3 is 0 Å². The number of halogens is 2. The highest BCUT2D eigenvalue weighted by molar-refractivity contribution is 6.30. The molecule has 0 fully saturated rings. The van der Waals surface area contributed by atoms with Crippen molar-refractivity contribution < 1.29 is 0 Å². The lowest BCUT2D eigenvalue weighted by atomic mass is 10.0. The summed E-state index contributed by atoms with van der Waals surface area (Å²) in [7, 11) is 0. The molecule has 0 atom stereocenters. The zero-order valence-electron chi connectivity index (χ0n) is 13.7. The Kier molecular flexibility index (Phi) is 5.17. The molecule has 0 saturated carbocycles. The van der Waals surface area contributed by atoms with Gasteiger partial charge in [0.05, 0.1) is 5.69 Å². The summed E-state index contributed by atoms with van der Waals surface area (Å²) in [6, 6.07) is 15.4. The van der Waals surface area contributed by atoms with Crippen LogP contribution in [0.15, 0.2) is 48.5 Å². The van der Waals surface area contributed by atoms with E-state index in [2.05, 4.69) is 13.8 Å². The lowest BCUT2D eigenvalue weighted by Gasteiger charge is -2.14. The van der Waals surface area contributed by atoms with Crippen LogP contribution in [0.3, 0.4) is 0 Å². The average Bonchev–Trinajstić information content (AvgIpc) is 2.62. The molecule has 0 unspecified atom stereocenters. The number of rotatable bonds is 4. The van der Waals surface area contributed by atoms with Gasteiger partial charge in [-0.25, -0.2) is 9.97 Å². The van der Waals surface area contributed by atoms with Crippen LogP contribution in [0.2, 0.25) is 10.0 Å². The van der Waals surface area contributed by atoms with E-state index < -0.39 is 0 Å². The summed E-state index contributed by atoms with van der Waals surface area (Å²) in [5.74, 6) is 0.727. The Morgan fingerprint density at radius 3 is 1.75 bits per heavy atom. The van der Waals surface area contributed by atoms with Crippen LogP contribution in [-0.4, -0.2) is 9.97 Å². The van der Waals surface area contributed by atoms with E-state index in [9.17, 15) is 0 Å². The molecule has 3 rings (SSSR count). The molecule has 0 spiro atoms. The largest absolute Gasteiger partial charge is 0.233 e. The summed E-state index contributed by atoms with van der Waals surface area (Å²) in [6.45, 7) is 4.26. The van der Waals surface area contributed by atoms with E-state index in [1.54, 1.807) is 0 Å². The summed E-state index contributed by atoms with van der Waals surface area (Å²) in [6.07, 6.45) is 1.76. The zero-order valence-corrected chi connectivity index (χ0v) is 15.2. The Morgan fingerprint density at radius 2 is 1.25 bits per heavy atom. The van der Waals surface area contributed by atoms with Crippen molar-refractivity contribution >= 4 is 23.2 Å². The minimum absolute atomic E-state index is 0.706. The molecule has 2 aromatic carbocycles. The second kappa shape index (κ2) is 7.33. The fraction of sp³-hybridized carbons (Fsp3) is 0.200.